The number of hydrazine groups is 3. The van der Waals surface area contributed by atoms with Gasteiger partial charge >= 0.3 is 7.82 Å². The van der Waals surface area contributed by atoms with Crippen LogP contribution in [0, 0.1) is 17.5 Å². The quantitative estimate of drug-likeness (QED) is 0.168. The van der Waals surface area contributed by atoms with Gasteiger partial charge < -0.3 is 14.2 Å². The zero-order valence-electron chi connectivity index (χ0n) is 20.2. The van der Waals surface area contributed by atoms with Crippen molar-refractivity contribution in [3.8, 4) is 17.2 Å². The molecule has 13 nitrogen and oxygen atoms in total. The van der Waals surface area contributed by atoms with Gasteiger partial charge in [-0.1, -0.05) is 18.2 Å². The number of nitrogens with zero attached hydrogens (tertiary/aromatic N) is 3. The van der Waals surface area contributed by atoms with Gasteiger partial charge in [-0.05, 0) is 36.4 Å². The highest BCUT2D eigenvalue weighted by Crippen LogP contribution is 2.54. The maximum absolute atomic E-state index is 14.2. The lowest BCUT2D eigenvalue weighted by Crippen LogP contribution is -2.39. The van der Waals surface area contributed by atoms with Gasteiger partial charge in [-0.15, -0.1) is 13.9 Å². The second kappa shape index (κ2) is 12.2. The van der Waals surface area contributed by atoms with Crippen LogP contribution < -0.4 is 47.3 Å². The lowest BCUT2D eigenvalue weighted by atomic mass is 10.3. The number of ether oxygens (including phenoxy) is 3. The fourth-order valence-corrected chi connectivity index (χ4v) is 4.12. The summed E-state index contributed by atoms with van der Waals surface area (Å²) in [6.45, 7) is 0. The van der Waals surface area contributed by atoms with E-state index in [0.29, 0.717) is 15.5 Å². The molecule has 3 aromatic rings. The molecule has 6 N–H and O–H groups in total. The van der Waals surface area contributed by atoms with E-state index < -0.39 is 42.5 Å². The highest BCUT2D eigenvalue weighted by atomic mass is 31.2. The molecule has 0 aromatic heterocycles. The average Bonchev–Trinajstić information content (AvgIpc) is 2.87. The molecule has 0 bridgehead atoms. The molecule has 0 unspecified atom stereocenters. The molecule has 0 aliphatic heterocycles. The molecular weight excluding hydrogens is 536 g/mol. The van der Waals surface area contributed by atoms with Crippen molar-refractivity contribution < 1.29 is 45.8 Å². The van der Waals surface area contributed by atoms with E-state index in [9.17, 15) is 17.7 Å². The molecule has 206 valence electrons. The van der Waals surface area contributed by atoms with Gasteiger partial charge in [0.05, 0.1) is 21.3 Å². The van der Waals surface area contributed by atoms with Crippen molar-refractivity contribution in [1.82, 2.24) is 0 Å². The van der Waals surface area contributed by atoms with Crippen LogP contribution in [-0.2, 0) is 18.4 Å². The maximum atomic E-state index is 14.2. The number of para-hydroxylation sites is 3. The van der Waals surface area contributed by atoms with Crippen LogP contribution in [0.2, 0.25) is 0 Å². The van der Waals surface area contributed by atoms with E-state index in [4.69, 9.17) is 45.6 Å². The van der Waals surface area contributed by atoms with Crippen molar-refractivity contribution >= 4 is 24.9 Å². The molecule has 3 rings (SSSR count). The van der Waals surface area contributed by atoms with E-state index >= 15 is 0 Å². The van der Waals surface area contributed by atoms with Crippen molar-refractivity contribution in [2.75, 3.05) is 36.8 Å². The van der Waals surface area contributed by atoms with E-state index in [2.05, 4.69) is 0 Å². The summed E-state index contributed by atoms with van der Waals surface area (Å²) in [4.78, 5) is 0. The summed E-state index contributed by atoms with van der Waals surface area (Å²) in [6.07, 6.45) is 0. The Balaban J connectivity index is 2.01. The number of anilines is 3. The molecule has 0 fully saturated rings. The van der Waals surface area contributed by atoms with Gasteiger partial charge in [0.2, 0.25) is 0 Å². The van der Waals surface area contributed by atoms with Gasteiger partial charge in [-0.25, -0.2) is 35.3 Å². The van der Waals surface area contributed by atoms with Crippen LogP contribution in [0.1, 0.15) is 0 Å². The Kier molecular flexibility index (Phi) is 9.24. The summed E-state index contributed by atoms with van der Waals surface area (Å²) in [7, 11) is -1.70. The van der Waals surface area contributed by atoms with Gasteiger partial charge in [-0.2, -0.15) is 15.5 Å². The van der Waals surface area contributed by atoms with Crippen LogP contribution in [0.15, 0.2) is 54.6 Å². The fourth-order valence-electron chi connectivity index (χ4n) is 3.12. The number of phosphoric acid groups is 1. The minimum absolute atomic E-state index is 0.265. The molecule has 0 aliphatic rings. The van der Waals surface area contributed by atoms with Crippen LogP contribution in [0.5, 0.6) is 17.2 Å². The Hall–Kier alpha value is -3.76. The predicted octanol–water partition coefficient (Wildman–Crippen LogP) is 3.47. The van der Waals surface area contributed by atoms with Crippen LogP contribution in [0.4, 0.5) is 30.2 Å². The monoisotopic (exact) mass is 560 g/mol. The van der Waals surface area contributed by atoms with Crippen LogP contribution in [0.3, 0.4) is 0 Å². The number of halogens is 3. The molecule has 3 aromatic carbocycles. The van der Waals surface area contributed by atoms with E-state index in [-0.39, 0.29) is 17.1 Å². The van der Waals surface area contributed by atoms with Gasteiger partial charge in [-0.3, -0.25) is 0 Å². The molecule has 0 heterocycles. The summed E-state index contributed by atoms with van der Waals surface area (Å²) >= 11 is 0. The Bertz CT molecular complexity index is 1170. The van der Waals surface area contributed by atoms with Crippen molar-refractivity contribution in [3.05, 3.63) is 72.0 Å². The third kappa shape index (κ3) is 6.20. The van der Waals surface area contributed by atoms with Gasteiger partial charge in [0, 0.05) is 0 Å². The van der Waals surface area contributed by atoms with Gasteiger partial charge in [0.25, 0.3) is 0 Å². The minimum atomic E-state index is -5.15. The number of benzene rings is 3. The van der Waals surface area contributed by atoms with Crippen molar-refractivity contribution in [1.29, 1.82) is 0 Å². The Morgan fingerprint density at radius 1 is 0.579 bits per heavy atom. The summed E-state index contributed by atoms with van der Waals surface area (Å²) in [6, 6.07) is 10.7. The molecule has 0 spiro atoms. The first-order valence-electron chi connectivity index (χ1n) is 10.4. The average molecular weight is 560 g/mol. The van der Waals surface area contributed by atoms with Crippen molar-refractivity contribution in [2.24, 2.45) is 17.5 Å². The number of nitrogens with two attached hydrogens (primary N) is 3. The first-order valence-corrected chi connectivity index (χ1v) is 11.8. The third-order valence-corrected chi connectivity index (χ3v) is 5.85. The van der Waals surface area contributed by atoms with Crippen LogP contribution in [0.25, 0.3) is 0 Å². The second-order valence-corrected chi connectivity index (χ2v) is 8.43. The third-order valence-electron chi connectivity index (χ3n) is 4.73. The molecule has 0 atom stereocenters. The first kappa shape index (κ1) is 28.8. The summed E-state index contributed by atoms with van der Waals surface area (Å²) in [5, 5.41) is 0.905. The van der Waals surface area contributed by atoms with E-state index in [1.165, 1.54) is 36.4 Å². The summed E-state index contributed by atoms with van der Waals surface area (Å²) in [5.41, 5.74) is -0.795. The number of hydrogen-bond acceptors (Lipinski definition) is 13. The lowest BCUT2D eigenvalue weighted by Gasteiger charge is -2.30. The normalized spacial score (nSPS) is 11.2. The Labute approximate surface area is 214 Å². The zero-order valence-corrected chi connectivity index (χ0v) is 21.1. The molecule has 0 saturated heterocycles. The molecular formula is C21H24F3N6O7P. The SMILES string of the molecule is COc1c(F)cccc1N(N)OP(=O)(ON(N)c1cccc(F)c1OC)ON(N)c1cccc(F)c1OC. The number of rotatable bonds is 12. The number of methoxy groups -OCH3 is 3. The standard InChI is InChI=1S/C21H24F3N6O7P/c1-32-19-13(22)7-4-10-16(19)28(25)35-38(31,36-29(26)17-11-5-8-14(23)20(17)33-2)37-30(27)18-12-6-9-15(24)21(18)34-3/h4-12H,25-27H2,1-3H3. The molecule has 17 heteroatoms. The predicted molar refractivity (Wildman–Crippen MR) is 130 cm³/mol. The van der Waals surface area contributed by atoms with Crippen LogP contribution in [-0.4, -0.2) is 21.3 Å². The molecule has 0 aliphatic carbocycles. The molecule has 38 heavy (non-hydrogen) atoms. The minimum Gasteiger partial charge on any atom is -0.491 e. The highest BCUT2D eigenvalue weighted by molar-refractivity contribution is 7.48. The Morgan fingerprint density at radius 3 is 1.08 bits per heavy atom. The van der Waals surface area contributed by atoms with E-state index in [0.717, 1.165) is 39.5 Å². The van der Waals surface area contributed by atoms with Crippen molar-refractivity contribution in [3.63, 3.8) is 0 Å². The largest absolute Gasteiger partial charge is 0.543 e. The van der Waals surface area contributed by atoms with E-state index in [1.807, 2.05) is 0 Å². The molecule has 0 amide bonds. The smallest absolute Gasteiger partial charge is 0.491 e. The second-order valence-electron chi connectivity index (χ2n) is 7.05. The van der Waals surface area contributed by atoms with Gasteiger partial charge in [0.1, 0.15) is 17.1 Å². The summed E-state index contributed by atoms with van der Waals surface area (Å²) < 4.78 is 86.8. The first-order chi connectivity index (χ1) is 18.0. The van der Waals surface area contributed by atoms with Crippen molar-refractivity contribution in [2.45, 2.75) is 0 Å². The van der Waals surface area contributed by atoms with E-state index in [1.54, 1.807) is 0 Å². The number of hydrogen-bond donors (Lipinski definition) is 3. The Morgan fingerprint density at radius 2 is 0.842 bits per heavy atom. The highest BCUT2D eigenvalue weighted by Gasteiger charge is 2.39. The maximum Gasteiger partial charge on any atom is 0.543 e. The van der Waals surface area contributed by atoms with Crippen LogP contribution >= 0.6 is 7.82 Å². The fraction of sp³-hybridized carbons (Fsp3) is 0.143. The molecule has 0 saturated carbocycles. The summed E-state index contributed by atoms with van der Waals surface area (Å²) in [5.74, 6) is 13.9. The van der Waals surface area contributed by atoms with Gasteiger partial charge in [0.15, 0.2) is 34.7 Å². The topological polar surface area (TPSA) is 160 Å². The lowest BCUT2D eigenvalue weighted by molar-refractivity contribution is 0.0846. The zero-order chi connectivity index (χ0) is 28.0. The molecule has 0 radical (unpaired) electrons.